The number of hydrogen-bond acceptors (Lipinski definition) is 0. The van der Waals surface area contributed by atoms with Crippen molar-refractivity contribution >= 4 is 23.2 Å². The fourth-order valence-corrected chi connectivity index (χ4v) is 3.67. The Hall–Kier alpha value is -0.270. The van der Waals surface area contributed by atoms with Crippen molar-refractivity contribution in [2.75, 3.05) is 0 Å². The first-order valence-electron chi connectivity index (χ1n) is 7.35. The van der Waals surface area contributed by atoms with Crippen LogP contribution in [0.3, 0.4) is 0 Å². The van der Waals surface area contributed by atoms with Gasteiger partial charge in [-0.25, -0.2) is 4.39 Å². The van der Waals surface area contributed by atoms with E-state index in [9.17, 15) is 4.39 Å². The molecule has 2 rings (SSSR count). The minimum absolute atomic E-state index is 0.156. The van der Waals surface area contributed by atoms with Gasteiger partial charge in [-0.15, -0.1) is 11.6 Å². The van der Waals surface area contributed by atoms with Gasteiger partial charge in [0.15, 0.2) is 0 Å². The van der Waals surface area contributed by atoms with Crippen molar-refractivity contribution in [1.82, 2.24) is 0 Å². The molecular weight excluding hydrogens is 294 g/mol. The van der Waals surface area contributed by atoms with E-state index in [0.29, 0.717) is 28.7 Å². The van der Waals surface area contributed by atoms with Crippen LogP contribution in [0.4, 0.5) is 4.39 Å². The molecule has 112 valence electrons. The maximum atomic E-state index is 13.9. The Morgan fingerprint density at radius 3 is 2.55 bits per heavy atom. The average Bonchev–Trinajstić information content (AvgIpc) is 2.33. The summed E-state index contributed by atoms with van der Waals surface area (Å²) in [5.41, 5.74) is 1.04. The third-order valence-electron chi connectivity index (χ3n) is 4.61. The zero-order chi connectivity index (χ0) is 14.9. The fourth-order valence-electron chi connectivity index (χ4n) is 3.19. The molecule has 0 saturated heterocycles. The van der Waals surface area contributed by atoms with E-state index in [4.69, 9.17) is 23.2 Å². The first kappa shape index (κ1) is 16.1. The smallest absolute Gasteiger partial charge is 0.127 e. The van der Waals surface area contributed by atoms with Gasteiger partial charge < -0.3 is 0 Å². The van der Waals surface area contributed by atoms with Crippen molar-refractivity contribution in [1.29, 1.82) is 0 Å². The summed E-state index contributed by atoms with van der Waals surface area (Å²) in [5.74, 6) is 0.808. The molecule has 1 fully saturated rings. The number of hydrogen-bond donors (Lipinski definition) is 0. The van der Waals surface area contributed by atoms with Gasteiger partial charge in [0, 0.05) is 10.4 Å². The second-order valence-electron chi connectivity index (χ2n) is 7.09. The van der Waals surface area contributed by atoms with Crippen LogP contribution in [0, 0.1) is 23.1 Å². The summed E-state index contributed by atoms with van der Waals surface area (Å²) in [5, 5.41) is 0.605. The molecule has 1 aliphatic rings. The van der Waals surface area contributed by atoms with Crippen molar-refractivity contribution in [2.24, 2.45) is 17.3 Å². The monoisotopic (exact) mass is 316 g/mol. The summed E-state index contributed by atoms with van der Waals surface area (Å²) in [6, 6.07) is 4.94. The van der Waals surface area contributed by atoms with Crippen LogP contribution in [0.25, 0.3) is 0 Å². The third-order valence-corrected chi connectivity index (χ3v) is 5.42. The largest absolute Gasteiger partial charge is 0.207 e. The first-order chi connectivity index (χ1) is 9.27. The summed E-state index contributed by atoms with van der Waals surface area (Å²) in [6.45, 7) is 6.85. The van der Waals surface area contributed by atoms with Crippen LogP contribution in [0.15, 0.2) is 18.2 Å². The van der Waals surface area contributed by atoms with E-state index in [1.807, 2.05) is 0 Å². The summed E-state index contributed by atoms with van der Waals surface area (Å²) < 4.78 is 13.9. The highest BCUT2D eigenvalue weighted by Crippen LogP contribution is 2.43. The topological polar surface area (TPSA) is 0 Å². The lowest BCUT2D eigenvalue weighted by Gasteiger charge is -2.40. The van der Waals surface area contributed by atoms with Crippen LogP contribution in [0.2, 0.25) is 5.02 Å². The zero-order valence-corrected chi connectivity index (χ0v) is 13.9. The number of alkyl halides is 1. The second kappa shape index (κ2) is 6.23. The van der Waals surface area contributed by atoms with Crippen LogP contribution in [-0.2, 0) is 6.42 Å². The summed E-state index contributed by atoms with van der Waals surface area (Å²) in [7, 11) is 0. The molecule has 0 aromatic heterocycles. The van der Waals surface area contributed by atoms with E-state index >= 15 is 0 Å². The molecule has 0 radical (unpaired) electrons. The molecule has 1 aromatic rings. The van der Waals surface area contributed by atoms with Gasteiger partial charge in [0.25, 0.3) is 0 Å². The van der Waals surface area contributed by atoms with Gasteiger partial charge >= 0.3 is 0 Å². The summed E-state index contributed by atoms with van der Waals surface area (Å²) in [6.07, 6.45) is 4.00. The molecular formula is C17H23Cl2F. The average molecular weight is 317 g/mol. The Morgan fingerprint density at radius 1 is 1.25 bits per heavy atom. The molecule has 1 aliphatic carbocycles. The molecule has 0 bridgehead atoms. The van der Waals surface area contributed by atoms with Crippen LogP contribution >= 0.6 is 23.2 Å². The number of halogens is 3. The predicted molar refractivity (Wildman–Crippen MR) is 85.0 cm³/mol. The molecule has 0 spiro atoms. The minimum Gasteiger partial charge on any atom is -0.207 e. The highest BCUT2D eigenvalue weighted by atomic mass is 35.5. The molecule has 0 heterocycles. The Kier molecular flexibility index (Phi) is 5.02. The normalized spacial score (nSPS) is 27.6. The first-order valence-corrected chi connectivity index (χ1v) is 8.17. The fraction of sp³-hybridized carbons (Fsp3) is 0.647. The van der Waals surface area contributed by atoms with Crippen molar-refractivity contribution < 1.29 is 4.39 Å². The molecule has 0 amide bonds. The highest BCUT2D eigenvalue weighted by Gasteiger charge is 2.35. The van der Waals surface area contributed by atoms with Crippen molar-refractivity contribution in [2.45, 2.75) is 51.8 Å². The van der Waals surface area contributed by atoms with Gasteiger partial charge in [0.1, 0.15) is 5.82 Å². The standard InChI is InChI=1S/C17H23Cl2F/c1-17(2,3)13-5-7-15(19)12(9-13)8-11-4-6-14(18)10-16(11)20/h4,6,10,12-13,15H,5,7-9H2,1-3H3. The molecule has 0 aliphatic heterocycles. The Balaban J connectivity index is 2.10. The maximum absolute atomic E-state index is 13.9. The molecule has 0 nitrogen and oxygen atoms in total. The Labute approximate surface area is 131 Å². The van der Waals surface area contributed by atoms with Gasteiger partial charge in [-0.1, -0.05) is 38.4 Å². The zero-order valence-electron chi connectivity index (χ0n) is 12.4. The number of rotatable bonds is 2. The summed E-state index contributed by atoms with van der Waals surface area (Å²) in [4.78, 5) is 0. The SMILES string of the molecule is CC(C)(C)C1CCC(Cl)C(Cc2ccc(Cl)cc2F)C1. The van der Waals surface area contributed by atoms with Gasteiger partial charge in [-0.2, -0.15) is 0 Å². The predicted octanol–water partition coefficient (Wildman–Crippen LogP) is 6.09. The lowest BCUT2D eigenvalue weighted by Crippen LogP contribution is -2.33. The molecule has 20 heavy (non-hydrogen) atoms. The van der Waals surface area contributed by atoms with Gasteiger partial charge in [-0.3, -0.25) is 0 Å². The molecule has 1 saturated carbocycles. The Morgan fingerprint density at radius 2 is 1.95 bits per heavy atom. The van der Waals surface area contributed by atoms with Crippen molar-refractivity contribution in [3.8, 4) is 0 Å². The quantitative estimate of drug-likeness (QED) is 0.579. The van der Waals surface area contributed by atoms with E-state index in [1.165, 1.54) is 12.5 Å². The minimum atomic E-state index is -0.209. The van der Waals surface area contributed by atoms with E-state index in [-0.39, 0.29) is 11.2 Å². The summed E-state index contributed by atoms with van der Waals surface area (Å²) >= 11 is 12.3. The highest BCUT2D eigenvalue weighted by molar-refractivity contribution is 6.30. The van der Waals surface area contributed by atoms with Gasteiger partial charge in [0.2, 0.25) is 0 Å². The van der Waals surface area contributed by atoms with E-state index in [2.05, 4.69) is 20.8 Å². The molecule has 0 N–H and O–H groups in total. The van der Waals surface area contributed by atoms with Crippen LogP contribution in [0.5, 0.6) is 0 Å². The Bertz CT molecular complexity index is 465. The number of benzene rings is 1. The molecule has 3 heteroatoms. The van der Waals surface area contributed by atoms with Crippen molar-refractivity contribution in [3.63, 3.8) is 0 Å². The van der Waals surface area contributed by atoms with Crippen LogP contribution in [0.1, 0.15) is 45.6 Å². The van der Waals surface area contributed by atoms with Gasteiger partial charge in [0.05, 0.1) is 0 Å². The third kappa shape index (κ3) is 3.89. The van der Waals surface area contributed by atoms with E-state index in [1.54, 1.807) is 12.1 Å². The van der Waals surface area contributed by atoms with Crippen LogP contribution in [-0.4, -0.2) is 5.38 Å². The molecule has 3 atom stereocenters. The lowest BCUT2D eigenvalue weighted by molar-refractivity contribution is 0.143. The van der Waals surface area contributed by atoms with Gasteiger partial charge in [-0.05, 0) is 60.6 Å². The second-order valence-corrected chi connectivity index (χ2v) is 8.09. The van der Waals surface area contributed by atoms with Crippen LogP contribution < -0.4 is 0 Å². The lowest BCUT2D eigenvalue weighted by atomic mass is 9.68. The molecule has 1 aromatic carbocycles. The van der Waals surface area contributed by atoms with E-state index in [0.717, 1.165) is 18.4 Å². The van der Waals surface area contributed by atoms with Crippen molar-refractivity contribution in [3.05, 3.63) is 34.6 Å². The van der Waals surface area contributed by atoms with E-state index < -0.39 is 0 Å². The maximum Gasteiger partial charge on any atom is 0.127 e. The molecule has 3 unspecified atom stereocenters.